The fraction of sp³-hybridized carbons (Fsp3) is 0.500. The highest BCUT2D eigenvalue weighted by Gasteiger charge is 2.16. The molecule has 1 amide bonds. The van der Waals surface area contributed by atoms with Crippen molar-refractivity contribution in [1.29, 1.82) is 0 Å². The van der Waals surface area contributed by atoms with Crippen LogP contribution in [-0.4, -0.2) is 17.6 Å². The van der Waals surface area contributed by atoms with Crippen LogP contribution in [-0.2, 0) is 11.3 Å². The molecule has 1 aromatic rings. The van der Waals surface area contributed by atoms with Gasteiger partial charge in [0.2, 0.25) is 5.91 Å². The molecule has 2 N–H and O–H groups in total. The molecule has 3 nitrogen and oxygen atoms in total. The van der Waals surface area contributed by atoms with E-state index in [-0.39, 0.29) is 12.5 Å². The summed E-state index contributed by atoms with van der Waals surface area (Å²) in [7, 11) is 0. The molecule has 1 fully saturated rings. The lowest BCUT2D eigenvalue weighted by Gasteiger charge is -2.20. The van der Waals surface area contributed by atoms with Crippen LogP contribution >= 0.6 is 0 Å². The number of benzene rings is 1. The van der Waals surface area contributed by atoms with Crippen molar-refractivity contribution in [3.8, 4) is 11.8 Å². The van der Waals surface area contributed by atoms with E-state index in [1.165, 1.54) is 32.1 Å². The van der Waals surface area contributed by atoms with Crippen molar-refractivity contribution in [2.45, 2.75) is 45.1 Å². The quantitative estimate of drug-likeness (QED) is 0.836. The molecular formula is C18H23NO2. The number of carbonyl (C=O) groups is 1. The Hall–Kier alpha value is -1.79. The molecule has 1 aromatic carbocycles. The molecule has 0 aromatic heterocycles. The lowest BCUT2D eigenvalue weighted by molar-refractivity contribution is -0.122. The summed E-state index contributed by atoms with van der Waals surface area (Å²) in [4.78, 5) is 12.0. The van der Waals surface area contributed by atoms with Gasteiger partial charge >= 0.3 is 0 Å². The van der Waals surface area contributed by atoms with Crippen LogP contribution in [0.15, 0.2) is 24.3 Å². The van der Waals surface area contributed by atoms with Crippen molar-refractivity contribution in [3.05, 3.63) is 35.4 Å². The van der Waals surface area contributed by atoms with Gasteiger partial charge < -0.3 is 10.4 Å². The Morgan fingerprint density at radius 1 is 1.24 bits per heavy atom. The van der Waals surface area contributed by atoms with E-state index in [0.29, 0.717) is 18.9 Å². The summed E-state index contributed by atoms with van der Waals surface area (Å²) in [6.07, 6.45) is 6.85. The summed E-state index contributed by atoms with van der Waals surface area (Å²) in [5.41, 5.74) is 1.86. The fourth-order valence-electron chi connectivity index (χ4n) is 2.85. The Balaban J connectivity index is 1.86. The largest absolute Gasteiger partial charge is 0.384 e. The number of aliphatic hydroxyl groups excluding tert-OH is 1. The Morgan fingerprint density at radius 3 is 2.76 bits per heavy atom. The number of carbonyl (C=O) groups excluding carboxylic acids is 1. The molecule has 0 aliphatic heterocycles. The number of aliphatic hydroxyl groups is 1. The van der Waals surface area contributed by atoms with Crippen molar-refractivity contribution in [2.75, 3.05) is 6.61 Å². The van der Waals surface area contributed by atoms with Gasteiger partial charge in [0.1, 0.15) is 6.61 Å². The van der Waals surface area contributed by atoms with E-state index in [4.69, 9.17) is 5.11 Å². The van der Waals surface area contributed by atoms with Crippen LogP contribution in [0, 0.1) is 17.8 Å². The lowest BCUT2D eigenvalue weighted by Crippen LogP contribution is -2.26. The molecule has 0 spiro atoms. The predicted molar refractivity (Wildman–Crippen MR) is 83.4 cm³/mol. The van der Waals surface area contributed by atoms with Gasteiger partial charge in [-0.3, -0.25) is 4.79 Å². The summed E-state index contributed by atoms with van der Waals surface area (Å²) in [6.45, 7) is 0.351. The van der Waals surface area contributed by atoms with Gasteiger partial charge in [0.25, 0.3) is 0 Å². The molecule has 1 saturated carbocycles. The first-order valence-electron chi connectivity index (χ1n) is 7.74. The smallest absolute Gasteiger partial charge is 0.220 e. The minimum Gasteiger partial charge on any atom is -0.384 e. The second kappa shape index (κ2) is 8.49. The summed E-state index contributed by atoms with van der Waals surface area (Å²) in [5, 5.41) is 11.8. The maximum absolute atomic E-state index is 12.0. The van der Waals surface area contributed by atoms with Crippen molar-refractivity contribution < 1.29 is 9.90 Å². The molecule has 0 unspecified atom stereocenters. The van der Waals surface area contributed by atoms with Gasteiger partial charge in [-0.25, -0.2) is 0 Å². The fourth-order valence-corrected chi connectivity index (χ4v) is 2.85. The molecule has 0 radical (unpaired) electrons. The van der Waals surface area contributed by atoms with Crippen LogP contribution in [0.25, 0.3) is 0 Å². The molecule has 0 atom stereocenters. The normalized spacial score (nSPS) is 15.1. The molecule has 0 bridgehead atoms. The average molecular weight is 285 g/mol. The van der Waals surface area contributed by atoms with Gasteiger partial charge in [-0.2, -0.15) is 0 Å². The Bertz CT molecular complexity index is 522. The Morgan fingerprint density at radius 2 is 2.00 bits per heavy atom. The van der Waals surface area contributed by atoms with E-state index in [2.05, 4.69) is 17.2 Å². The van der Waals surface area contributed by atoms with Crippen LogP contribution in [0.3, 0.4) is 0 Å². The van der Waals surface area contributed by atoms with E-state index < -0.39 is 0 Å². The van der Waals surface area contributed by atoms with E-state index in [9.17, 15) is 4.79 Å². The summed E-state index contributed by atoms with van der Waals surface area (Å²) >= 11 is 0. The van der Waals surface area contributed by atoms with Crippen molar-refractivity contribution in [2.24, 2.45) is 5.92 Å². The van der Waals surface area contributed by atoms with Gasteiger partial charge in [0.15, 0.2) is 0 Å². The van der Waals surface area contributed by atoms with Gasteiger partial charge in [-0.05, 0) is 30.4 Å². The van der Waals surface area contributed by atoms with Crippen LogP contribution in [0.5, 0.6) is 0 Å². The highest BCUT2D eigenvalue weighted by molar-refractivity contribution is 5.76. The highest BCUT2D eigenvalue weighted by Crippen LogP contribution is 2.26. The molecule has 1 aliphatic carbocycles. The minimum absolute atomic E-state index is 0.131. The zero-order valence-corrected chi connectivity index (χ0v) is 12.4. The molecule has 2 rings (SSSR count). The summed E-state index contributed by atoms with van der Waals surface area (Å²) < 4.78 is 0. The predicted octanol–water partition coefficient (Wildman–Crippen LogP) is 2.62. The summed E-state index contributed by atoms with van der Waals surface area (Å²) in [6, 6.07) is 7.72. The molecule has 112 valence electrons. The van der Waals surface area contributed by atoms with Gasteiger partial charge in [-0.15, -0.1) is 0 Å². The second-order valence-corrected chi connectivity index (χ2v) is 5.60. The topological polar surface area (TPSA) is 49.3 Å². The van der Waals surface area contributed by atoms with Crippen molar-refractivity contribution in [3.63, 3.8) is 0 Å². The number of nitrogens with one attached hydrogen (secondary N) is 1. The van der Waals surface area contributed by atoms with Crippen LogP contribution < -0.4 is 5.32 Å². The average Bonchev–Trinajstić information content (AvgIpc) is 2.52. The van der Waals surface area contributed by atoms with Gasteiger partial charge in [0, 0.05) is 18.5 Å². The first-order chi connectivity index (χ1) is 10.3. The molecule has 0 heterocycles. The first kappa shape index (κ1) is 15.6. The summed E-state index contributed by atoms with van der Waals surface area (Å²) in [5.74, 6) is 6.26. The maximum atomic E-state index is 12.0. The number of amides is 1. The molecule has 1 aliphatic rings. The van der Waals surface area contributed by atoms with Crippen LogP contribution in [0.4, 0.5) is 0 Å². The third kappa shape index (κ3) is 5.24. The Kier molecular flexibility index (Phi) is 6.30. The maximum Gasteiger partial charge on any atom is 0.220 e. The lowest BCUT2D eigenvalue weighted by atomic mass is 9.87. The van der Waals surface area contributed by atoms with Crippen molar-refractivity contribution >= 4 is 5.91 Å². The van der Waals surface area contributed by atoms with E-state index in [1.807, 2.05) is 24.3 Å². The van der Waals surface area contributed by atoms with E-state index in [1.54, 1.807) is 0 Å². The number of hydrogen-bond acceptors (Lipinski definition) is 2. The number of rotatable bonds is 4. The third-order valence-electron chi connectivity index (χ3n) is 3.99. The molecule has 0 saturated heterocycles. The zero-order chi connectivity index (χ0) is 14.9. The molecular weight excluding hydrogens is 262 g/mol. The van der Waals surface area contributed by atoms with Gasteiger partial charge in [0.05, 0.1) is 0 Å². The minimum atomic E-state index is -0.150. The van der Waals surface area contributed by atoms with Gasteiger partial charge in [-0.1, -0.05) is 49.3 Å². The molecule has 21 heavy (non-hydrogen) atoms. The van der Waals surface area contributed by atoms with E-state index >= 15 is 0 Å². The SMILES string of the molecule is O=C(CC1CCCCC1)NCc1ccccc1C#CCO. The highest BCUT2D eigenvalue weighted by atomic mass is 16.2. The monoisotopic (exact) mass is 285 g/mol. The first-order valence-corrected chi connectivity index (χ1v) is 7.74. The second-order valence-electron chi connectivity index (χ2n) is 5.60. The standard InChI is InChI=1S/C18H23NO2/c20-12-6-11-16-9-4-5-10-17(16)14-19-18(21)13-15-7-2-1-3-8-15/h4-5,9-10,15,20H,1-3,7-8,12-14H2,(H,19,21). The Labute approximate surface area is 126 Å². The third-order valence-corrected chi connectivity index (χ3v) is 3.99. The zero-order valence-electron chi connectivity index (χ0n) is 12.4. The van der Waals surface area contributed by atoms with Crippen LogP contribution in [0.2, 0.25) is 0 Å². The van der Waals surface area contributed by atoms with E-state index in [0.717, 1.165) is 11.1 Å². The van der Waals surface area contributed by atoms with Crippen molar-refractivity contribution in [1.82, 2.24) is 5.32 Å². The molecule has 3 heteroatoms. The number of hydrogen-bond donors (Lipinski definition) is 2. The van der Waals surface area contributed by atoms with Crippen LogP contribution in [0.1, 0.15) is 49.7 Å².